The van der Waals surface area contributed by atoms with Crippen LogP contribution in [0.5, 0.6) is 0 Å². The van der Waals surface area contributed by atoms with Crippen molar-refractivity contribution in [3.63, 3.8) is 0 Å². The summed E-state index contributed by atoms with van der Waals surface area (Å²) in [5.41, 5.74) is 3.86. The normalized spacial score (nSPS) is 11.1. The SMILES string of the molecule is C=CCCc1ccc(C=Nc2cc(F)c(-c3ccc(C)cc3)c(F)c2)cc1. The third-order valence-electron chi connectivity index (χ3n) is 4.35. The maximum atomic E-state index is 14.5. The van der Waals surface area contributed by atoms with Gasteiger partial charge in [-0.3, -0.25) is 4.99 Å². The highest BCUT2D eigenvalue weighted by molar-refractivity contribution is 5.82. The molecule has 27 heavy (non-hydrogen) atoms. The lowest BCUT2D eigenvalue weighted by atomic mass is 10.0. The van der Waals surface area contributed by atoms with Gasteiger partial charge in [0.05, 0.1) is 11.3 Å². The summed E-state index contributed by atoms with van der Waals surface area (Å²) < 4.78 is 28.9. The van der Waals surface area contributed by atoms with E-state index in [1.165, 1.54) is 17.7 Å². The van der Waals surface area contributed by atoms with Crippen molar-refractivity contribution in [2.75, 3.05) is 0 Å². The van der Waals surface area contributed by atoms with Crippen LogP contribution in [0.1, 0.15) is 23.1 Å². The Hall–Kier alpha value is -3.07. The van der Waals surface area contributed by atoms with Gasteiger partial charge in [0, 0.05) is 18.3 Å². The fourth-order valence-electron chi connectivity index (χ4n) is 2.82. The van der Waals surface area contributed by atoms with Crippen LogP contribution in [0, 0.1) is 18.6 Å². The van der Waals surface area contributed by atoms with Gasteiger partial charge in [-0.1, -0.05) is 60.2 Å². The molecule has 0 bridgehead atoms. The zero-order chi connectivity index (χ0) is 19.2. The van der Waals surface area contributed by atoms with E-state index in [-0.39, 0.29) is 11.3 Å². The number of aryl methyl sites for hydroxylation is 2. The van der Waals surface area contributed by atoms with E-state index in [9.17, 15) is 8.78 Å². The number of benzene rings is 3. The molecule has 0 aliphatic carbocycles. The quantitative estimate of drug-likeness (QED) is 0.338. The van der Waals surface area contributed by atoms with Crippen molar-refractivity contribution in [3.8, 4) is 11.1 Å². The summed E-state index contributed by atoms with van der Waals surface area (Å²) in [6.07, 6.45) is 5.37. The van der Waals surface area contributed by atoms with E-state index in [4.69, 9.17) is 0 Å². The Morgan fingerprint density at radius 3 is 2.15 bits per heavy atom. The zero-order valence-corrected chi connectivity index (χ0v) is 15.3. The first-order valence-electron chi connectivity index (χ1n) is 8.87. The van der Waals surface area contributed by atoms with Crippen LogP contribution in [0.4, 0.5) is 14.5 Å². The summed E-state index contributed by atoms with van der Waals surface area (Å²) in [5, 5.41) is 0. The molecule has 0 spiro atoms. The van der Waals surface area contributed by atoms with Crippen molar-refractivity contribution in [1.82, 2.24) is 0 Å². The minimum atomic E-state index is -0.620. The molecule has 0 saturated carbocycles. The number of hydrogen-bond acceptors (Lipinski definition) is 1. The minimum Gasteiger partial charge on any atom is -0.256 e. The lowest BCUT2D eigenvalue weighted by molar-refractivity contribution is 0.590. The molecule has 3 aromatic rings. The highest BCUT2D eigenvalue weighted by atomic mass is 19.1. The first-order chi connectivity index (χ1) is 13.1. The first kappa shape index (κ1) is 18.7. The van der Waals surface area contributed by atoms with Gasteiger partial charge in [0.1, 0.15) is 11.6 Å². The standard InChI is InChI=1S/C24H21F2N/c1-3-4-5-18-8-10-19(11-9-18)16-27-21-14-22(25)24(23(26)15-21)20-12-6-17(2)7-13-20/h3,6-16H,1,4-5H2,2H3. The average Bonchev–Trinajstić information content (AvgIpc) is 2.66. The third kappa shape index (κ3) is 4.76. The molecular formula is C24H21F2N. The van der Waals surface area contributed by atoms with E-state index >= 15 is 0 Å². The molecule has 0 fully saturated rings. The van der Waals surface area contributed by atoms with E-state index < -0.39 is 11.6 Å². The molecule has 136 valence electrons. The van der Waals surface area contributed by atoms with Gasteiger partial charge in [-0.2, -0.15) is 0 Å². The Labute approximate surface area is 158 Å². The van der Waals surface area contributed by atoms with Gasteiger partial charge in [-0.25, -0.2) is 8.78 Å². The molecule has 0 N–H and O–H groups in total. The van der Waals surface area contributed by atoms with E-state index in [0.717, 1.165) is 24.0 Å². The molecule has 0 aliphatic heterocycles. The number of hydrogen-bond donors (Lipinski definition) is 0. The molecule has 0 heterocycles. The molecular weight excluding hydrogens is 340 g/mol. The van der Waals surface area contributed by atoms with Crippen LogP contribution in [0.25, 0.3) is 11.1 Å². The van der Waals surface area contributed by atoms with E-state index in [1.807, 2.05) is 49.4 Å². The Morgan fingerprint density at radius 2 is 1.56 bits per heavy atom. The number of halogens is 2. The minimum absolute atomic E-state index is 0.0273. The van der Waals surface area contributed by atoms with Crippen LogP contribution >= 0.6 is 0 Å². The third-order valence-corrected chi connectivity index (χ3v) is 4.35. The second-order valence-corrected chi connectivity index (χ2v) is 6.48. The van der Waals surface area contributed by atoms with Crippen LogP contribution in [-0.4, -0.2) is 6.21 Å². The van der Waals surface area contributed by atoms with Crippen molar-refractivity contribution < 1.29 is 8.78 Å². The molecule has 3 heteroatoms. The summed E-state index contributed by atoms with van der Waals surface area (Å²) in [6.45, 7) is 5.65. The highest BCUT2D eigenvalue weighted by Crippen LogP contribution is 2.30. The van der Waals surface area contributed by atoms with Gasteiger partial charge in [0.15, 0.2) is 0 Å². The van der Waals surface area contributed by atoms with E-state index in [1.54, 1.807) is 18.3 Å². The Morgan fingerprint density at radius 1 is 0.926 bits per heavy atom. The number of rotatable bonds is 6. The van der Waals surface area contributed by atoms with Crippen molar-refractivity contribution >= 4 is 11.9 Å². The van der Waals surface area contributed by atoms with Gasteiger partial charge in [0.25, 0.3) is 0 Å². The summed E-state index contributed by atoms with van der Waals surface area (Å²) >= 11 is 0. The van der Waals surface area contributed by atoms with Gasteiger partial charge in [-0.15, -0.1) is 6.58 Å². The number of aliphatic imine (C=N–C) groups is 1. The van der Waals surface area contributed by atoms with Crippen molar-refractivity contribution in [2.24, 2.45) is 4.99 Å². The first-order valence-corrected chi connectivity index (χ1v) is 8.87. The molecule has 3 rings (SSSR count). The molecule has 3 aromatic carbocycles. The molecule has 0 saturated heterocycles. The van der Waals surface area contributed by atoms with Crippen LogP contribution in [0.15, 0.2) is 78.3 Å². The molecule has 0 radical (unpaired) electrons. The van der Waals surface area contributed by atoms with Gasteiger partial charge in [0.2, 0.25) is 0 Å². The van der Waals surface area contributed by atoms with Crippen molar-refractivity contribution in [3.05, 3.63) is 102 Å². The second kappa shape index (κ2) is 8.54. The maximum absolute atomic E-state index is 14.5. The zero-order valence-electron chi connectivity index (χ0n) is 15.3. The van der Waals surface area contributed by atoms with E-state index in [0.29, 0.717) is 5.56 Å². The summed E-state index contributed by atoms with van der Waals surface area (Å²) in [7, 11) is 0. The Bertz CT molecular complexity index is 932. The topological polar surface area (TPSA) is 12.4 Å². The van der Waals surface area contributed by atoms with Crippen LogP contribution in [-0.2, 0) is 6.42 Å². The summed E-state index contributed by atoms with van der Waals surface area (Å²) in [4.78, 5) is 4.22. The molecule has 1 nitrogen and oxygen atoms in total. The van der Waals surface area contributed by atoms with Crippen molar-refractivity contribution in [1.29, 1.82) is 0 Å². The predicted molar refractivity (Wildman–Crippen MR) is 109 cm³/mol. The fourth-order valence-corrected chi connectivity index (χ4v) is 2.82. The predicted octanol–water partition coefficient (Wildman–Crippen LogP) is 6.81. The molecule has 0 atom stereocenters. The Kier molecular flexibility index (Phi) is 5.92. The smallest absolute Gasteiger partial charge is 0.136 e. The van der Waals surface area contributed by atoms with Gasteiger partial charge < -0.3 is 0 Å². The monoisotopic (exact) mass is 361 g/mol. The molecule has 0 amide bonds. The lowest BCUT2D eigenvalue weighted by Gasteiger charge is -2.07. The maximum Gasteiger partial charge on any atom is 0.136 e. The van der Waals surface area contributed by atoms with Crippen LogP contribution in [0.2, 0.25) is 0 Å². The summed E-state index contributed by atoms with van der Waals surface area (Å²) in [6, 6.07) is 17.5. The molecule has 0 unspecified atom stereocenters. The largest absolute Gasteiger partial charge is 0.256 e. The number of allylic oxidation sites excluding steroid dienone is 1. The van der Waals surface area contributed by atoms with Crippen molar-refractivity contribution in [2.45, 2.75) is 19.8 Å². The van der Waals surface area contributed by atoms with E-state index in [2.05, 4.69) is 11.6 Å². The molecule has 0 aromatic heterocycles. The highest BCUT2D eigenvalue weighted by Gasteiger charge is 2.13. The number of nitrogens with zero attached hydrogens (tertiary/aromatic N) is 1. The van der Waals surface area contributed by atoms with Crippen LogP contribution < -0.4 is 0 Å². The lowest BCUT2D eigenvalue weighted by Crippen LogP contribution is -1.91. The summed E-state index contributed by atoms with van der Waals surface area (Å²) in [5.74, 6) is -1.24. The van der Waals surface area contributed by atoms with Crippen LogP contribution in [0.3, 0.4) is 0 Å². The second-order valence-electron chi connectivity index (χ2n) is 6.48. The Balaban J connectivity index is 1.80. The van der Waals surface area contributed by atoms with Gasteiger partial charge >= 0.3 is 0 Å². The molecule has 0 aliphatic rings. The van der Waals surface area contributed by atoms with Gasteiger partial charge in [-0.05, 0) is 36.5 Å². The fraction of sp³-hybridized carbons (Fsp3) is 0.125. The average molecular weight is 361 g/mol.